The third-order valence-electron chi connectivity index (χ3n) is 9.15. The maximum Gasteiger partial charge on any atom is 0.255 e. The van der Waals surface area contributed by atoms with Crippen LogP contribution in [0.15, 0.2) is 23.1 Å². The monoisotopic (exact) mass is 496 g/mol. The van der Waals surface area contributed by atoms with Crippen molar-refractivity contribution in [1.82, 2.24) is 10.2 Å². The molecule has 35 heavy (non-hydrogen) atoms. The number of nitrogens with one attached hydrogen (secondary N) is 1. The zero-order chi connectivity index (χ0) is 24.3. The molecule has 190 valence electrons. The molecule has 6 heteroatoms. The molecule has 1 aromatic carbocycles. The Morgan fingerprint density at radius 1 is 0.914 bits per heavy atom. The zero-order valence-corrected chi connectivity index (χ0v) is 21.8. The quantitative estimate of drug-likeness (QED) is 0.224. The van der Waals surface area contributed by atoms with Gasteiger partial charge in [-0.25, -0.2) is 0 Å². The largest absolute Gasteiger partial charge is 0.322 e. The molecule has 3 saturated carbocycles. The van der Waals surface area contributed by atoms with Crippen molar-refractivity contribution in [3.8, 4) is 0 Å². The molecule has 1 unspecified atom stereocenters. The Bertz CT molecular complexity index is 939. The molecule has 3 aliphatic carbocycles. The molecule has 1 aromatic rings. The SMILES string of the molecule is O=C1CCC(N2Cc3c(SCCCCCCCCC45CCC(CC4)CC5)cccc3C2=O)C(=O)N1. The van der Waals surface area contributed by atoms with Gasteiger partial charge in [-0.15, -0.1) is 11.8 Å². The summed E-state index contributed by atoms with van der Waals surface area (Å²) in [4.78, 5) is 39.6. The van der Waals surface area contributed by atoms with Gasteiger partial charge < -0.3 is 4.90 Å². The first-order chi connectivity index (χ1) is 17.0. The maximum absolute atomic E-state index is 13.0. The number of amides is 3. The number of carbonyl (C=O) groups excluding carboxylic acids is 3. The van der Waals surface area contributed by atoms with Crippen LogP contribution in [-0.2, 0) is 16.1 Å². The average Bonchev–Trinajstić information content (AvgIpc) is 3.21. The van der Waals surface area contributed by atoms with Gasteiger partial charge in [-0.1, -0.05) is 38.2 Å². The predicted molar refractivity (Wildman–Crippen MR) is 139 cm³/mol. The van der Waals surface area contributed by atoms with Gasteiger partial charge in [0.15, 0.2) is 0 Å². The topological polar surface area (TPSA) is 66.5 Å². The molecule has 1 saturated heterocycles. The summed E-state index contributed by atoms with van der Waals surface area (Å²) in [5.41, 5.74) is 2.49. The predicted octanol–water partition coefficient (Wildman–Crippen LogP) is 6.24. The highest BCUT2D eigenvalue weighted by Crippen LogP contribution is 2.52. The number of benzene rings is 1. The van der Waals surface area contributed by atoms with Gasteiger partial charge in [-0.2, -0.15) is 0 Å². The molecule has 0 spiro atoms. The minimum absolute atomic E-state index is 0.0854. The van der Waals surface area contributed by atoms with E-state index in [4.69, 9.17) is 0 Å². The molecular weight excluding hydrogens is 456 g/mol. The Morgan fingerprint density at radius 3 is 2.37 bits per heavy atom. The van der Waals surface area contributed by atoms with Crippen molar-refractivity contribution in [3.63, 3.8) is 0 Å². The van der Waals surface area contributed by atoms with Gasteiger partial charge in [0.25, 0.3) is 5.91 Å². The third-order valence-corrected chi connectivity index (χ3v) is 10.3. The molecule has 0 radical (unpaired) electrons. The van der Waals surface area contributed by atoms with E-state index < -0.39 is 6.04 Å². The van der Waals surface area contributed by atoms with Gasteiger partial charge >= 0.3 is 0 Å². The molecule has 2 heterocycles. The average molecular weight is 497 g/mol. The molecule has 1 N–H and O–H groups in total. The van der Waals surface area contributed by atoms with Crippen LogP contribution in [0.4, 0.5) is 0 Å². The number of hydrogen-bond acceptors (Lipinski definition) is 4. The minimum atomic E-state index is -0.543. The summed E-state index contributed by atoms with van der Waals surface area (Å²) in [5.74, 6) is 1.45. The summed E-state index contributed by atoms with van der Waals surface area (Å²) in [5, 5.41) is 2.38. The number of rotatable bonds is 11. The number of unbranched alkanes of at least 4 members (excludes halogenated alkanes) is 5. The second kappa shape index (κ2) is 11.1. The maximum atomic E-state index is 13.0. The Kier molecular flexibility index (Phi) is 7.86. The Hall–Kier alpha value is -1.82. The lowest BCUT2D eigenvalue weighted by atomic mass is 9.59. The van der Waals surface area contributed by atoms with Crippen molar-refractivity contribution in [1.29, 1.82) is 0 Å². The first-order valence-electron chi connectivity index (χ1n) is 13.9. The van der Waals surface area contributed by atoms with Crippen LogP contribution in [0, 0.1) is 11.3 Å². The van der Waals surface area contributed by atoms with Gasteiger partial charge in [0, 0.05) is 23.4 Å². The van der Waals surface area contributed by atoms with Crippen LogP contribution in [0.25, 0.3) is 0 Å². The van der Waals surface area contributed by atoms with E-state index in [1.54, 1.807) is 4.90 Å². The number of imide groups is 1. The summed E-state index contributed by atoms with van der Waals surface area (Å²) >= 11 is 1.84. The van der Waals surface area contributed by atoms with Crippen LogP contribution in [0.1, 0.15) is 112 Å². The Labute approximate surface area is 214 Å². The molecule has 2 aliphatic heterocycles. The van der Waals surface area contributed by atoms with Crippen molar-refractivity contribution in [2.45, 2.75) is 114 Å². The molecule has 4 fully saturated rings. The summed E-state index contributed by atoms with van der Waals surface area (Å²) in [6, 6.07) is 5.37. The Morgan fingerprint density at radius 2 is 1.63 bits per heavy atom. The van der Waals surface area contributed by atoms with Crippen molar-refractivity contribution in [2.24, 2.45) is 11.3 Å². The molecule has 1 atom stereocenters. The second-order valence-corrected chi connectivity index (χ2v) is 12.5. The lowest BCUT2D eigenvalue weighted by molar-refractivity contribution is -0.136. The highest BCUT2D eigenvalue weighted by Gasteiger charge is 2.40. The smallest absolute Gasteiger partial charge is 0.255 e. The van der Waals surface area contributed by atoms with Crippen LogP contribution in [0.2, 0.25) is 0 Å². The van der Waals surface area contributed by atoms with Crippen LogP contribution >= 0.6 is 11.8 Å². The van der Waals surface area contributed by atoms with Crippen molar-refractivity contribution < 1.29 is 14.4 Å². The number of nitrogens with zero attached hydrogens (tertiary/aromatic N) is 1. The van der Waals surface area contributed by atoms with Crippen LogP contribution in [0.5, 0.6) is 0 Å². The van der Waals surface area contributed by atoms with Crippen LogP contribution in [-0.4, -0.2) is 34.4 Å². The number of carbonyl (C=O) groups is 3. The van der Waals surface area contributed by atoms with Crippen LogP contribution in [0.3, 0.4) is 0 Å². The molecule has 5 aliphatic rings. The number of fused-ring (bicyclic) bond motifs is 4. The highest BCUT2D eigenvalue weighted by molar-refractivity contribution is 7.99. The van der Waals surface area contributed by atoms with E-state index in [-0.39, 0.29) is 17.7 Å². The minimum Gasteiger partial charge on any atom is -0.322 e. The van der Waals surface area contributed by atoms with E-state index >= 15 is 0 Å². The first-order valence-corrected chi connectivity index (χ1v) is 14.9. The summed E-state index contributed by atoms with van der Waals surface area (Å²) in [7, 11) is 0. The number of thioether (sulfide) groups is 1. The normalized spacial score (nSPS) is 27.9. The number of piperidine rings is 1. The van der Waals surface area contributed by atoms with Crippen molar-refractivity contribution in [2.75, 3.05) is 5.75 Å². The lowest BCUT2D eigenvalue weighted by Gasteiger charge is -2.47. The van der Waals surface area contributed by atoms with Crippen LogP contribution < -0.4 is 5.32 Å². The fraction of sp³-hybridized carbons (Fsp3) is 0.690. The van der Waals surface area contributed by atoms with Gasteiger partial charge in [-0.3, -0.25) is 19.7 Å². The number of hydrogen-bond donors (Lipinski definition) is 1. The van der Waals surface area contributed by atoms with Gasteiger partial charge in [0.05, 0.1) is 0 Å². The van der Waals surface area contributed by atoms with Gasteiger partial charge in [0.1, 0.15) is 6.04 Å². The van der Waals surface area contributed by atoms with Gasteiger partial charge in [0.2, 0.25) is 11.8 Å². The summed E-state index contributed by atoms with van der Waals surface area (Å²) in [6.45, 7) is 0.464. The van der Waals surface area contributed by atoms with E-state index in [1.807, 2.05) is 23.9 Å². The highest BCUT2D eigenvalue weighted by atomic mass is 32.2. The van der Waals surface area contributed by atoms with E-state index in [9.17, 15) is 14.4 Å². The lowest BCUT2D eigenvalue weighted by Crippen LogP contribution is -2.52. The first kappa shape index (κ1) is 24.9. The van der Waals surface area contributed by atoms with E-state index in [0.717, 1.165) is 27.5 Å². The van der Waals surface area contributed by atoms with Crippen molar-refractivity contribution >= 4 is 29.5 Å². The molecule has 3 amide bonds. The van der Waals surface area contributed by atoms with Crippen molar-refractivity contribution in [3.05, 3.63) is 29.3 Å². The Balaban J connectivity index is 1.01. The van der Waals surface area contributed by atoms with E-state index in [0.29, 0.717) is 24.9 Å². The molecule has 0 aromatic heterocycles. The fourth-order valence-corrected chi connectivity index (χ4v) is 7.99. The summed E-state index contributed by atoms with van der Waals surface area (Å²) in [6.07, 6.45) is 19.2. The second-order valence-electron chi connectivity index (χ2n) is 11.4. The standard InChI is InChI=1S/C29H40N2O3S/c32-26-11-10-24(27(33)30-26)31-20-23-22(28(31)34)8-7-9-25(23)35-19-6-4-2-1-3-5-15-29-16-12-21(13-17-29)14-18-29/h7-9,21,24H,1-6,10-20H2,(H,30,32,33). The fourth-order valence-electron chi connectivity index (χ4n) is 6.90. The third kappa shape index (κ3) is 5.63. The summed E-state index contributed by atoms with van der Waals surface area (Å²) < 4.78 is 0. The molecule has 2 bridgehead atoms. The molecular formula is C29H40N2O3S. The van der Waals surface area contributed by atoms with E-state index in [2.05, 4.69) is 11.4 Å². The van der Waals surface area contributed by atoms with E-state index in [1.165, 1.54) is 83.5 Å². The zero-order valence-electron chi connectivity index (χ0n) is 21.0. The van der Waals surface area contributed by atoms with Gasteiger partial charge in [-0.05, 0) is 92.6 Å². The molecule has 5 nitrogen and oxygen atoms in total. The molecule has 6 rings (SSSR count).